The Bertz CT molecular complexity index is 3200. The molecule has 0 saturated carbocycles. The lowest BCUT2D eigenvalue weighted by molar-refractivity contribution is 1.17. The van der Waals surface area contributed by atoms with Crippen LogP contribution in [0.25, 0.3) is 99.7 Å². The summed E-state index contributed by atoms with van der Waals surface area (Å²) >= 11 is 0. The Balaban J connectivity index is 1.11. The van der Waals surface area contributed by atoms with Crippen LogP contribution in [0.15, 0.2) is 194 Å². The smallest absolute Gasteiger partial charge is 0.0973 e. The van der Waals surface area contributed by atoms with Gasteiger partial charge in [-0.2, -0.15) is 0 Å². The van der Waals surface area contributed by atoms with E-state index in [0.717, 1.165) is 56.0 Å². The molecule has 4 nitrogen and oxygen atoms in total. The third kappa shape index (κ3) is 4.70. The van der Waals surface area contributed by atoms with Crippen molar-refractivity contribution >= 4 is 54.6 Å². The summed E-state index contributed by atoms with van der Waals surface area (Å²) in [5, 5.41) is 4.98. The molecule has 11 rings (SSSR count). The Morgan fingerprint density at radius 1 is 0.315 bits per heavy atom. The van der Waals surface area contributed by atoms with Crippen LogP contribution in [0.3, 0.4) is 0 Å². The van der Waals surface area contributed by atoms with E-state index in [9.17, 15) is 0 Å². The molecule has 0 N–H and O–H groups in total. The normalized spacial score (nSPS) is 11.7. The fourth-order valence-electron chi connectivity index (χ4n) is 8.29. The maximum Gasteiger partial charge on any atom is 0.0973 e. The first-order valence-corrected chi connectivity index (χ1v) is 18.3. The Hall–Kier alpha value is -7.30. The van der Waals surface area contributed by atoms with Gasteiger partial charge in [0.05, 0.1) is 44.5 Å². The summed E-state index contributed by atoms with van der Waals surface area (Å²) in [4.78, 5) is 10.5. The van der Waals surface area contributed by atoms with E-state index in [1.54, 1.807) is 0 Å². The molecular formula is C50H32N4. The van der Waals surface area contributed by atoms with Gasteiger partial charge in [0.1, 0.15) is 0 Å². The van der Waals surface area contributed by atoms with Crippen LogP contribution in [0.2, 0.25) is 0 Å². The molecule has 54 heavy (non-hydrogen) atoms. The van der Waals surface area contributed by atoms with Gasteiger partial charge in [-0.25, -0.2) is 9.97 Å². The van der Waals surface area contributed by atoms with Gasteiger partial charge in [-0.05, 0) is 65.7 Å². The van der Waals surface area contributed by atoms with Crippen molar-refractivity contribution in [3.8, 4) is 45.0 Å². The quantitative estimate of drug-likeness (QED) is 0.180. The van der Waals surface area contributed by atoms with Crippen LogP contribution in [-0.4, -0.2) is 19.1 Å². The standard InChI is InChI=1S/C50H32N4/c1-4-15-33(16-5-1)48-49(34-17-6-2-7-18-34)52-43-32-36(27-29-42(43)51-48)35-19-14-22-38(31-35)53-45-26-13-11-24-41(45)47-46(53)30-28-40-39-23-10-12-25-44(39)54(50(40)47)37-20-8-3-9-21-37/h1-32H. The zero-order chi connectivity index (χ0) is 35.6. The fourth-order valence-corrected chi connectivity index (χ4v) is 8.29. The van der Waals surface area contributed by atoms with Crippen molar-refractivity contribution in [1.82, 2.24) is 19.1 Å². The predicted molar refractivity (Wildman–Crippen MR) is 225 cm³/mol. The molecular weight excluding hydrogens is 657 g/mol. The minimum atomic E-state index is 0.865. The number of hydrogen-bond donors (Lipinski definition) is 0. The average molecular weight is 689 g/mol. The molecule has 0 radical (unpaired) electrons. The second-order valence-corrected chi connectivity index (χ2v) is 13.8. The highest BCUT2D eigenvalue weighted by atomic mass is 15.0. The summed E-state index contributed by atoms with van der Waals surface area (Å²) in [5.41, 5.74) is 14.8. The van der Waals surface area contributed by atoms with Crippen molar-refractivity contribution in [1.29, 1.82) is 0 Å². The molecule has 0 unspecified atom stereocenters. The lowest BCUT2D eigenvalue weighted by Crippen LogP contribution is -1.96. The number of para-hydroxylation sites is 3. The van der Waals surface area contributed by atoms with E-state index in [-0.39, 0.29) is 0 Å². The monoisotopic (exact) mass is 688 g/mol. The Labute approximate surface area is 311 Å². The first kappa shape index (κ1) is 30.3. The highest BCUT2D eigenvalue weighted by molar-refractivity contribution is 6.26. The van der Waals surface area contributed by atoms with Gasteiger partial charge in [0.25, 0.3) is 0 Å². The lowest BCUT2D eigenvalue weighted by Gasteiger charge is -2.13. The number of benzene rings is 8. The van der Waals surface area contributed by atoms with Crippen molar-refractivity contribution < 1.29 is 0 Å². The molecule has 4 heteroatoms. The first-order chi connectivity index (χ1) is 26.8. The molecule has 252 valence electrons. The highest BCUT2D eigenvalue weighted by Crippen LogP contribution is 2.42. The third-order valence-electron chi connectivity index (χ3n) is 10.7. The van der Waals surface area contributed by atoms with Crippen molar-refractivity contribution in [2.45, 2.75) is 0 Å². The number of fused-ring (bicyclic) bond motifs is 8. The van der Waals surface area contributed by atoms with Gasteiger partial charge in [-0.1, -0.05) is 140 Å². The minimum absolute atomic E-state index is 0.865. The summed E-state index contributed by atoms with van der Waals surface area (Å²) in [6.07, 6.45) is 0. The molecule has 0 spiro atoms. The predicted octanol–water partition coefficient (Wildman–Crippen LogP) is 12.8. The number of rotatable bonds is 5. The zero-order valence-corrected chi connectivity index (χ0v) is 29.3. The van der Waals surface area contributed by atoms with E-state index in [0.29, 0.717) is 0 Å². The molecule has 0 aliphatic rings. The van der Waals surface area contributed by atoms with E-state index in [4.69, 9.17) is 9.97 Å². The van der Waals surface area contributed by atoms with Gasteiger partial charge in [-0.15, -0.1) is 0 Å². The van der Waals surface area contributed by atoms with E-state index in [1.165, 1.54) is 43.6 Å². The molecule has 0 bridgehead atoms. The lowest BCUT2D eigenvalue weighted by atomic mass is 10.0. The maximum atomic E-state index is 5.27. The van der Waals surface area contributed by atoms with Crippen LogP contribution in [0.5, 0.6) is 0 Å². The zero-order valence-electron chi connectivity index (χ0n) is 29.3. The summed E-state index contributed by atoms with van der Waals surface area (Å²) in [6, 6.07) is 68.9. The van der Waals surface area contributed by atoms with Crippen LogP contribution in [-0.2, 0) is 0 Å². The van der Waals surface area contributed by atoms with Crippen LogP contribution < -0.4 is 0 Å². The minimum Gasteiger partial charge on any atom is -0.309 e. The third-order valence-corrected chi connectivity index (χ3v) is 10.7. The number of aromatic nitrogens is 4. The molecule has 0 aliphatic carbocycles. The summed E-state index contributed by atoms with van der Waals surface area (Å²) in [7, 11) is 0. The van der Waals surface area contributed by atoms with Gasteiger partial charge >= 0.3 is 0 Å². The van der Waals surface area contributed by atoms with Gasteiger partial charge in [0.2, 0.25) is 0 Å². The molecule has 0 amide bonds. The Morgan fingerprint density at radius 2 is 0.870 bits per heavy atom. The van der Waals surface area contributed by atoms with Crippen molar-refractivity contribution in [3.63, 3.8) is 0 Å². The van der Waals surface area contributed by atoms with E-state index in [1.807, 2.05) is 12.1 Å². The molecule has 3 heterocycles. The Kier molecular flexibility index (Phi) is 6.82. The van der Waals surface area contributed by atoms with E-state index in [2.05, 4.69) is 191 Å². The fraction of sp³-hybridized carbons (Fsp3) is 0. The molecule has 0 fully saturated rings. The second kappa shape index (κ2) is 12.1. The molecule has 3 aromatic heterocycles. The first-order valence-electron chi connectivity index (χ1n) is 18.3. The van der Waals surface area contributed by atoms with Crippen LogP contribution in [0.1, 0.15) is 0 Å². The number of nitrogens with zero attached hydrogens (tertiary/aromatic N) is 4. The number of hydrogen-bond acceptors (Lipinski definition) is 2. The topological polar surface area (TPSA) is 35.6 Å². The molecule has 0 saturated heterocycles. The SMILES string of the molecule is c1ccc(-c2nc3ccc(-c4cccc(-n5c6ccccc6c6c5ccc5c7ccccc7n(-c7ccccc7)c56)c4)cc3nc2-c2ccccc2)cc1. The van der Waals surface area contributed by atoms with Crippen LogP contribution in [0, 0.1) is 0 Å². The van der Waals surface area contributed by atoms with Gasteiger partial charge in [0, 0.05) is 44.0 Å². The second-order valence-electron chi connectivity index (χ2n) is 13.8. The highest BCUT2D eigenvalue weighted by Gasteiger charge is 2.21. The van der Waals surface area contributed by atoms with Crippen molar-refractivity contribution in [2.24, 2.45) is 0 Å². The van der Waals surface area contributed by atoms with Gasteiger partial charge in [0.15, 0.2) is 0 Å². The largest absolute Gasteiger partial charge is 0.309 e. The van der Waals surface area contributed by atoms with Gasteiger partial charge in [-0.3, -0.25) is 0 Å². The molecule has 8 aromatic carbocycles. The maximum absolute atomic E-state index is 5.27. The molecule has 0 atom stereocenters. The molecule has 0 aliphatic heterocycles. The van der Waals surface area contributed by atoms with Crippen LogP contribution >= 0.6 is 0 Å². The summed E-state index contributed by atoms with van der Waals surface area (Å²) in [5.74, 6) is 0. The van der Waals surface area contributed by atoms with Gasteiger partial charge < -0.3 is 9.13 Å². The van der Waals surface area contributed by atoms with E-state index < -0.39 is 0 Å². The summed E-state index contributed by atoms with van der Waals surface area (Å²) in [6.45, 7) is 0. The average Bonchev–Trinajstić information content (AvgIpc) is 3.77. The van der Waals surface area contributed by atoms with Crippen molar-refractivity contribution in [3.05, 3.63) is 194 Å². The van der Waals surface area contributed by atoms with Crippen molar-refractivity contribution in [2.75, 3.05) is 0 Å². The van der Waals surface area contributed by atoms with E-state index >= 15 is 0 Å². The Morgan fingerprint density at radius 3 is 1.59 bits per heavy atom. The molecule has 11 aromatic rings. The van der Waals surface area contributed by atoms with Crippen LogP contribution in [0.4, 0.5) is 0 Å². The summed E-state index contributed by atoms with van der Waals surface area (Å²) < 4.78 is 4.85.